The van der Waals surface area contributed by atoms with Crippen LogP contribution in [0.5, 0.6) is 11.5 Å². The number of anilines is 1. The van der Waals surface area contributed by atoms with Crippen LogP contribution in [0.4, 0.5) is 5.82 Å². The Morgan fingerprint density at radius 3 is 2.70 bits per heavy atom. The van der Waals surface area contributed by atoms with Gasteiger partial charge in [-0.2, -0.15) is 5.10 Å². The van der Waals surface area contributed by atoms with Crippen LogP contribution in [-0.2, 0) is 6.42 Å². The van der Waals surface area contributed by atoms with Crippen molar-refractivity contribution in [2.24, 2.45) is 0 Å². The zero-order valence-corrected chi connectivity index (χ0v) is 11.7. The van der Waals surface area contributed by atoms with Crippen LogP contribution in [0.25, 0.3) is 0 Å². The number of ether oxygens (including phenoxy) is 2. The molecule has 2 rings (SSSR count). The number of aryl methyl sites for hydroxylation is 1. The van der Waals surface area contributed by atoms with E-state index in [1.165, 1.54) is 7.11 Å². The maximum absolute atomic E-state index is 12.3. The summed E-state index contributed by atoms with van der Waals surface area (Å²) in [6.07, 6.45) is 0.825. The minimum atomic E-state index is -0.296. The number of methoxy groups -OCH3 is 2. The third-order valence-corrected chi connectivity index (χ3v) is 2.90. The first-order chi connectivity index (χ1) is 9.67. The Balaban J connectivity index is 2.23. The van der Waals surface area contributed by atoms with Gasteiger partial charge in [0.2, 0.25) is 0 Å². The van der Waals surface area contributed by atoms with Crippen LogP contribution in [0.2, 0.25) is 0 Å². The number of carbonyl (C=O) groups is 1. The smallest absolute Gasteiger partial charge is 0.260 e. The summed E-state index contributed by atoms with van der Waals surface area (Å²) in [5.74, 6) is 1.26. The van der Waals surface area contributed by atoms with Crippen molar-refractivity contribution in [3.05, 3.63) is 35.5 Å². The van der Waals surface area contributed by atoms with Gasteiger partial charge in [0.1, 0.15) is 11.5 Å². The Morgan fingerprint density at radius 2 is 2.10 bits per heavy atom. The standard InChI is InChI=1S/C14H17N3O3/c1-4-9-7-13(17-16-9)15-14(18)11-8-10(19-2)5-6-12(11)20-3/h5-8H,4H2,1-3H3,(H2,15,16,17,18). The zero-order chi connectivity index (χ0) is 14.5. The molecule has 0 spiro atoms. The second-order valence-electron chi connectivity index (χ2n) is 4.15. The molecule has 0 unspecified atom stereocenters. The van der Waals surface area contributed by atoms with Crippen LogP contribution in [0, 0.1) is 0 Å². The number of amides is 1. The number of nitrogens with one attached hydrogen (secondary N) is 2. The molecule has 20 heavy (non-hydrogen) atoms. The Bertz CT molecular complexity index is 607. The first-order valence-electron chi connectivity index (χ1n) is 6.25. The summed E-state index contributed by atoms with van der Waals surface area (Å²) >= 11 is 0. The molecule has 0 radical (unpaired) electrons. The zero-order valence-electron chi connectivity index (χ0n) is 11.7. The number of nitrogens with zero attached hydrogens (tertiary/aromatic N) is 1. The number of H-pyrrole nitrogens is 1. The number of carbonyl (C=O) groups excluding carboxylic acids is 1. The monoisotopic (exact) mass is 275 g/mol. The lowest BCUT2D eigenvalue weighted by Crippen LogP contribution is -2.13. The molecule has 6 nitrogen and oxygen atoms in total. The number of hydrogen-bond acceptors (Lipinski definition) is 4. The maximum atomic E-state index is 12.3. The van der Waals surface area contributed by atoms with Gasteiger partial charge in [0.05, 0.1) is 19.8 Å². The Kier molecular flexibility index (Phi) is 4.24. The second kappa shape index (κ2) is 6.10. The highest BCUT2D eigenvalue weighted by Crippen LogP contribution is 2.24. The molecule has 0 aliphatic carbocycles. The third-order valence-electron chi connectivity index (χ3n) is 2.90. The summed E-state index contributed by atoms with van der Waals surface area (Å²) in [5, 5.41) is 9.59. The average molecular weight is 275 g/mol. The lowest BCUT2D eigenvalue weighted by atomic mass is 10.1. The number of hydrogen-bond donors (Lipinski definition) is 2. The van der Waals surface area contributed by atoms with Crippen molar-refractivity contribution in [2.45, 2.75) is 13.3 Å². The highest BCUT2D eigenvalue weighted by Gasteiger charge is 2.15. The average Bonchev–Trinajstić information content (AvgIpc) is 2.94. The van der Waals surface area contributed by atoms with E-state index in [0.29, 0.717) is 22.9 Å². The van der Waals surface area contributed by atoms with Crippen molar-refractivity contribution in [3.8, 4) is 11.5 Å². The van der Waals surface area contributed by atoms with Gasteiger partial charge >= 0.3 is 0 Å². The van der Waals surface area contributed by atoms with Gasteiger partial charge in [0.25, 0.3) is 5.91 Å². The number of rotatable bonds is 5. The van der Waals surface area contributed by atoms with Gasteiger partial charge in [-0.15, -0.1) is 0 Å². The van der Waals surface area contributed by atoms with Crippen LogP contribution in [-0.4, -0.2) is 30.3 Å². The Morgan fingerprint density at radius 1 is 1.30 bits per heavy atom. The topological polar surface area (TPSA) is 76.2 Å². The SMILES string of the molecule is CCc1cc(NC(=O)c2cc(OC)ccc2OC)n[nH]1. The van der Waals surface area contributed by atoms with Crippen molar-refractivity contribution < 1.29 is 14.3 Å². The lowest BCUT2D eigenvalue weighted by Gasteiger charge is -2.09. The summed E-state index contributed by atoms with van der Waals surface area (Å²) in [6, 6.07) is 6.85. The summed E-state index contributed by atoms with van der Waals surface area (Å²) in [6.45, 7) is 2.00. The van der Waals surface area contributed by atoms with E-state index in [4.69, 9.17) is 9.47 Å². The summed E-state index contributed by atoms with van der Waals surface area (Å²) in [4.78, 5) is 12.3. The molecule has 1 amide bonds. The van der Waals surface area contributed by atoms with Crippen LogP contribution < -0.4 is 14.8 Å². The first-order valence-corrected chi connectivity index (χ1v) is 6.25. The van der Waals surface area contributed by atoms with E-state index in [1.807, 2.05) is 6.92 Å². The van der Waals surface area contributed by atoms with Crippen molar-refractivity contribution in [1.82, 2.24) is 10.2 Å². The molecule has 0 aliphatic heterocycles. The fraction of sp³-hybridized carbons (Fsp3) is 0.286. The van der Waals surface area contributed by atoms with Crippen LogP contribution in [0.15, 0.2) is 24.3 Å². The van der Waals surface area contributed by atoms with Gasteiger partial charge in [0, 0.05) is 11.8 Å². The molecular formula is C14H17N3O3. The predicted octanol–water partition coefficient (Wildman–Crippen LogP) is 2.24. The minimum absolute atomic E-state index is 0.296. The first kappa shape index (κ1) is 13.9. The van der Waals surface area contributed by atoms with Gasteiger partial charge in [-0.3, -0.25) is 9.89 Å². The van der Waals surface area contributed by atoms with Crippen molar-refractivity contribution in [3.63, 3.8) is 0 Å². The number of aromatic nitrogens is 2. The number of benzene rings is 1. The summed E-state index contributed by atoms with van der Waals surface area (Å²) in [5.41, 5.74) is 1.35. The molecule has 6 heteroatoms. The molecule has 1 heterocycles. The van der Waals surface area contributed by atoms with E-state index in [2.05, 4.69) is 15.5 Å². The van der Waals surface area contributed by atoms with E-state index in [9.17, 15) is 4.79 Å². The highest BCUT2D eigenvalue weighted by atomic mass is 16.5. The Labute approximate surface area is 117 Å². The molecule has 106 valence electrons. The van der Waals surface area contributed by atoms with Crippen LogP contribution in [0.3, 0.4) is 0 Å². The van der Waals surface area contributed by atoms with Gasteiger partial charge in [0.15, 0.2) is 5.82 Å². The van der Waals surface area contributed by atoms with Crippen molar-refractivity contribution >= 4 is 11.7 Å². The quantitative estimate of drug-likeness (QED) is 0.877. The maximum Gasteiger partial charge on any atom is 0.260 e. The minimum Gasteiger partial charge on any atom is -0.497 e. The van der Waals surface area contributed by atoms with E-state index in [0.717, 1.165) is 12.1 Å². The number of aromatic amines is 1. The molecule has 0 saturated carbocycles. The fourth-order valence-electron chi connectivity index (χ4n) is 1.78. The predicted molar refractivity (Wildman–Crippen MR) is 75.5 cm³/mol. The second-order valence-corrected chi connectivity index (χ2v) is 4.15. The molecule has 1 aromatic carbocycles. The van der Waals surface area contributed by atoms with Gasteiger partial charge in [-0.05, 0) is 24.6 Å². The van der Waals surface area contributed by atoms with Gasteiger partial charge in [-0.25, -0.2) is 0 Å². The largest absolute Gasteiger partial charge is 0.497 e. The fourth-order valence-corrected chi connectivity index (χ4v) is 1.78. The van der Waals surface area contributed by atoms with E-state index >= 15 is 0 Å². The lowest BCUT2D eigenvalue weighted by molar-refractivity contribution is 0.102. The van der Waals surface area contributed by atoms with Crippen LogP contribution in [0.1, 0.15) is 23.0 Å². The molecule has 0 aliphatic rings. The van der Waals surface area contributed by atoms with Crippen LogP contribution >= 0.6 is 0 Å². The molecule has 2 N–H and O–H groups in total. The van der Waals surface area contributed by atoms with E-state index in [-0.39, 0.29) is 5.91 Å². The molecule has 2 aromatic rings. The molecule has 0 saturated heterocycles. The molecule has 1 aromatic heterocycles. The molecule has 0 bridgehead atoms. The van der Waals surface area contributed by atoms with E-state index in [1.54, 1.807) is 31.4 Å². The van der Waals surface area contributed by atoms with Crippen molar-refractivity contribution in [1.29, 1.82) is 0 Å². The molecule has 0 atom stereocenters. The normalized spacial score (nSPS) is 10.2. The highest BCUT2D eigenvalue weighted by molar-refractivity contribution is 6.06. The van der Waals surface area contributed by atoms with Crippen molar-refractivity contribution in [2.75, 3.05) is 19.5 Å². The molecular weight excluding hydrogens is 258 g/mol. The summed E-state index contributed by atoms with van der Waals surface area (Å²) in [7, 11) is 3.06. The van der Waals surface area contributed by atoms with Gasteiger partial charge < -0.3 is 14.8 Å². The molecule has 0 fully saturated rings. The van der Waals surface area contributed by atoms with Gasteiger partial charge in [-0.1, -0.05) is 6.92 Å². The third kappa shape index (κ3) is 2.90. The Hall–Kier alpha value is -2.50. The van der Waals surface area contributed by atoms with E-state index < -0.39 is 0 Å². The summed E-state index contributed by atoms with van der Waals surface area (Å²) < 4.78 is 10.3.